The molecule has 4 aliphatic rings. The van der Waals surface area contributed by atoms with E-state index in [2.05, 4.69) is 48.4 Å². The number of aromatic nitrogens is 2. The highest BCUT2D eigenvalue weighted by atomic mass is 16.5. The Labute approximate surface area is 372 Å². The predicted molar refractivity (Wildman–Crippen MR) is 246 cm³/mol. The van der Waals surface area contributed by atoms with Crippen LogP contribution in [0.25, 0.3) is 11.3 Å². The van der Waals surface area contributed by atoms with E-state index < -0.39 is 17.6 Å². The number of hydrogen-bond donors (Lipinski definition) is 4. The predicted octanol–water partition coefficient (Wildman–Crippen LogP) is 5.06. The van der Waals surface area contributed by atoms with Crippen LogP contribution in [0.15, 0.2) is 54.6 Å². The molecule has 2 unspecified atom stereocenters. The van der Waals surface area contributed by atoms with Gasteiger partial charge in [-0.15, -0.1) is 10.2 Å². The van der Waals surface area contributed by atoms with E-state index in [0.29, 0.717) is 61.6 Å². The van der Waals surface area contributed by atoms with Crippen LogP contribution in [0, 0.1) is 5.41 Å². The molecule has 63 heavy (non-hydrogen) atoms. The zero-order chi connectivity index (χ0) is 44.7. The van der Waals surface area contributed by atoms with Crippen molar-refractivity contribution in [2.45, 2.75) is 122 Å². The number of amides is 3. The number of anilines is 3. The Morgan fingerprint density at radius 3 is 2.27 bits per heavy atom. The zero-order valence-corrected chi connectivity index (χ0v) is 37.8. The number of piperazine rings is 2. The molecule has 1 aromatic heterocycles. The molecule has 0 saturated carbocycles. The van der Waals surface area contributed by atoms with E-state index in [9.17, 15) is 24.6 Å². The van der Waals surface area contributed by atoms with E-state index in [1.54, 1.807) is 17.0 Å². The van der Waals surface area contributed by atoms with Gasteiger partial charge in [-0.25, -0.2) is 0 Å². The summed E-state index contributed by atoms with van der Waals surface area (Å²) in [5.41, 5.74) is 9.17. The number of unbranched alkanes of at least 4 members (excludes halogenated alkanes) is 4. The fourth-order valence-electron chi connectivity index (χ4n) is 9.84. The van der Waals surface area contributed by atoms with Crippen LogP contribution in [0.4, 0.5) is 17.2 Å². The van der Waals surface area contributed by atoms with Crippen molar-refractivity contribution in [1.29, 1.82) is 0 Å². The largest absolute Gasteiger partial charge is 0.507 e. The number of fused-ring (bicyclic) bond motifs is 2. The number of nitrogens with two attached hydrogens (primary N) is 1. The van der Waals surface area contributed by atoms with Crippen LogP contribution in [-0.4, -0.2) is 142 Å². The summed E-state index contributed by atoms with van der Waals surface area (Å²) in [4.78, 5) is 50.1. The Hall–Kier alpha value is -5.15. The molecule has 5 heterocycles. The second kappa shape index (κ2) is 20.6. The number of rotatable bonds is 17. The first kappa shape index (κ1) is 45.9. The number of phenolic OH excluding ortho intramolecular Hbond substituents is 1. The van der Waals surface area contributed by atoms with Crippen molar-refractivity contribution in [2.24, 2.45) is 5.41 Å². The molecule has 15 nitrogen and oxygen atoms in total. The molecule has 5 N–H and O–H groups in total. The molecule has 15 heteroatoms. The quantitative estimate of drug-likeness (QED) is 0.133. The monoisotopic (exact) mass is 868 g/mol. The third-order valence-corrected chi connectivity index (χ3v) is 13.4. The Balaban J connectivity index is 0.769. The average Bonchev–Trinajstić information content (AvgIpc) is 3.74. The molecular weight excluding hydrogens is 799 g/mol. The molecule has 3 aromatic rings. The van der Waals surface area contributed by atoms with E-state index in [1.165, 1.54) is 5.69 Å². The maximum Gasteiger partial charge on any atom is 0.246 e. The van der Waals surface area contributed by atoms with Gasteiger partial charge in [-0.05, 0) is 74.8 Å². The molecule has 2 bridgehead atoms. The SMILES string of the molecule is C[C@@H]1C[C@@H](O)CN1C(=O)[C@@H](NC(=O)CCCCCCCC(=O)N1CCN(CCOc2cccc(N3C4CCC3CN(c3cc(-c5ccccc5O)nnc3N)C4)c2)CC1)C(C)(C)C. The number of nitrogens with one attached hydrogen (secondary N) is 1. The molecule has 2 aromatic carbocycles. The maximum atomic E-state index is 13.3. The highest BCUT2D eigenvalue weighted by Gasteiger charge is 2.42. The van der Waals surface area contributed by atoms with Gasteiger partial charge < -0.3 is 45.6 Å². The van der Waals surface area contributed by atoms with Crippen molar-refractivity contribution < 1.29 is 29.3 Å². The molecule has 4 aliphatic heterocycles. The van der Waals surface area contributed by atoms with Crippen LogP contribution in [0.1, 0.15) is 91.9 Å². The molecule has 3 amide bonds. The first-order valence-electron chi connectivity index (χ1n) is 23.2. The highest BCUT2D eigenvalue weighted by molar-refractivity contribution is 5.88. The lowest BCUT2D eigenvalue weighted by molar-refractivity contribution is -0.140. The number of aliphatic hydroxyl groups excluding tert-OH is 1. The normalized spacial score (nSPS) is 22.0. The van der Waals surface area contributed by atoms with Crippen molar-refractivity contribution in [3.63, 3.8) is 0 Å². The van der Waals surface area contributed by atoms with Crippen molar-refractivity contribution >= 4 is 34.9 Å². The van der Waals surface area contributed by atoms with E-state index in [0.717, 1.165) is 102 Å². The minimum Gasteiger partial charge on any atom is -0.507 e. The van der Waals surface area contributed by atoms with E-state index in [1.807, 2.05) is 56.9 Å². The second-order valence-electron chi connectivity index (χ2n) is 19.1. The summed E-state index contributed by atoms with van der Waals surface area (Å²) in [5, 5.41) is 32.0. The molecule has 0 radical (unpaired) electrons. The van der Waals surface area contributed by atoms with Gasteiger partial charge >= 0.3 is 0 Å². The average molecular weight is 868 g/mol. The molecule has 4 saturated heterocycles. The number of β-amino-alcohol motifs (C(OH)–C–C–N with tert-alkyl or cyclic N) is 1. The standard InChI is InChI=1S/C48H69N9O6/c1-33-27-37(58)32-56(33)47(62)45(48(2,3)4)50-43(60)17-8-6-5-7-9-18-44(61)54-23-21-53(22-24-54)25-26-63-38-14-12-13-34(28-38)57-35-19-20-36(57)31-55(30-35)41-29-40(51-52-46(41)49)39-15-10-11-16-42(39)59/h10-16,28-29,33,35-37,45,58-59H,5-9,17-27,30-32H2,1-4H3,(H2,49,52)(H,50,60)/t33-,35?,36?,37-,45-/m1/s1. The Bertz CT molecular complexity index is 2020. The Morgan fingerprint density at radius 2 is 1.59 bits per heavy atom. The number of phenols is 1. The lowest BCUT2D eigenvalue weighted by atomic mass is 9.85. The number of para-hydroxylation sites is 1. The minimum absolute atomic E-state index is 0.0441. The van der Waals surface area contributed by atoms with Gasteiger partial charge in [-0.2, -0.15) is 0 Å². The minimum atomic E-state index is -0.634. The summed E-state index contributed by atoms with van der Waals surface area (Å²) in [6.07, 6.45) is 7.53. The van der Waals surface area contributed by atoms with Gasteiger partial charge in [0.25, 0.3) is 0 Å². The first-order valence-corrected chi connectivity index (χ1v) is 23.2. The molecule has 0 aliphatic carbocycles. The number of aromatic hydroxyl groups is 1. The summed E-state index contributed by atoms with van der Waals surface area (Å²) in [6, 6.07) is 17.5. The number of benzene rings is 2. The van der Waals surface area contributed by atoms with E-state index in [4.69, 9.17) is 10.5 Å². The fraction of sp³-hybridized carbons (Fsp3) is 0.604. The first-order chi connectivity index (χ1) is 30.2. The second-order valence-corrected chi connectivity index (χ2v) is 19.1. The number of aliphatic hydroxyl groups is 1. The van der Waals surface area contributed by atoms with Crippen molar-refractivity contribution in [3.8, 4) is 22.8 Å². The lowest BCUT2D eigenvalue weighted by Crippen LogP contribution is -2.55. The summed E-state index contributed by atoms with van der Waals surface area (Å²) in [7, 11) is 0. The topological polar surface area (TPSA) is 181 Å². The molecule has 342 valence electrons. The molecule has 4 fully saturated rings. The van der Waals surface area contributed by atoms with E-state index in [-0.39, 0.29) is 29.5 Å². The molecule has 0 spiro atoms. The molecule has 7 rings (SSSR count). The van der Waals surface area contributed by atoms with Crippen molar-refractivity contribution in [1.82, 2.24) is 30.2 Å². The van der Waals surface area contributed by atoms with Crippen LogP contribution in [0.5, 0.6) is 11.5 Å². The smallest absolute Gasteiger partial charge is 0.246 e. The zero-order valence-electron chi connectivity index (χ0n) is 37.8. The van der Waals surface area contributed by atoms with Crippen LogP contribution >= 0.6 is 0 Å². The van der Waals surface area contributed by atoms with Gasteiger partial charge in [-0.3, -0.25) is 19.3 Å². The summed E-state index contributed by atoms with van der Waals surface area (Å²) in [5.74, 6) is 1.39. The van der Waals surface area contributed by atoms with Gasteiger partial charge in [0.05, 0.1) is 17.5 Å². The fourth-order valence-corrected chi connectivity index (χ4v) is 9.84. The number of carbonyl (C=O) groups is 3. The maximum absolute atomic E-state index is 13.3. The Morgan fingerprint density at radius 1 is 0.889 bits per heavy atom. The van der Waals surface area contributed by atoms with Gasteiger partial charge in [-0.1, -0.05) is 58.2 Å². The van der Waals surface area contributed by atoms with Crippen LogP contribution in [0.3, 0.4) is 0 Å². The van der Waals surface area contributed by atoms with Crippen LogP contribution in [0.2, 0.25) is 0 Å². The highest BCUT2D eigenvalue weighted by Crippen LogP contribution is 2.40. The van der Waals surface area contributed by atoms with Gasteiger partial charge in [0.2, 0.25) is 17.7 Å². The summed E-state index contributed by atoms with van der Waals surface area (Å²) in [6.45, 7) is 14.2. The van der Waals surface area contributed by atoms with E-state index >= 15 is 0 Å². The van der Waals surface area contributed by atoms with Gasteiger partial charge in [0.1, 0.15) is 24.1 Å². The number of carbonyl (C=O) groups excluding carboxylic acids is 3. The Kier molecular flexibility index (Phi) is 15.0. The number of nitrogen functional groups attached to an aromatic ring is 1. The van der Waals surface area contributed by atoms with Crippen LogP contribution < -0.4 is 25.6 Å². The van der Waals surface area contributed by atoms with Crippen molar-refractivity contribution in [3.05, 3.63) is 54.6 Å². The number of nitrogens with zero attached hydrogens (tertiary/aromatic N) is 7. The van der Waals surface area contributed by atoms with Gasteiger partial charge in [0, 0.05) is 101 Å². The molecule has 5 atom stereocenters. The third kappa shape index (κ3) is 11.5. The lowest BCUT2D eigenvalue weighted by Gasteiger charge is -2.43. The molecular formula is C48H69N9O6. The summed E-state index contributed by atoms with van der Waals surface area (Å²) < 4.78 is 6.29. The van der Waals surface area contributed by atoms with Crippen LogP contribution in [-0.2, 0) is 14.4 Å². The number of ether oxygens (including phenoxy) is 1. The summed E-state index contributed by atoms with van der Waals surface area (Å²) >= 11 is 0. The third-order valence-electron chi connectivity index (χ3n) is 13.4. The van der Waals surface area contributed by atoms with Crippen molar-refractivity contribution in [2.75, 3.05) is 74.5 Å². The number of hydrogen-bond acceptors (Lipinski definition) is 12. The van der Waals surface area contributed by atoms with Gasteiger partial charge in [0.15, 0.2) is 5.82 Å². The number of likely N-dealkylation sites (tertiary alicyclic amines) is 1.